The van der Waals surface area contributed by atoms with Gasteiger partial charge in [0.2, 0.25) is 5.91 Å². The fourth-order valence-corrected chi connectivity index (χ4v) is 5.26. The Morgan fingerprint density at radius 2 is 1.90 bits per heavy atom. The van der Waals surface area contributed by atoms with E-state index in [9.17, 15) is 9.90 Å². The number of carbonyl (C=O) groups is 1. The van der Waals surface area contributed by atoms with Crippen LogP contribution in [0.4, 0.5) is 0 Å². The number of aliphatic hydroxyl groups excluding tert-OH is 1. The first-order chi connectivity index (χ1) is 14.3. The molecule has 0 spiro atoms. The Kier molecular flexibility index (Phi) is 7.60. The lowest BCUT2D eigenvalue weighted by Gasteiger charge is -2.48. The summed E-state index contributed by atoms with van der Waals surface area (Å²) in [6, 6.07) is 7.48. The Morgan fingerprint density at radius 3 is 2.60 bits per heavy atom. The fourth-order valence-electron chi connectivity index (χ4n) is 5.13. The zero-order valence-electron chi connectivity index (χ0n) is 18.4. The SMILES string of the molecule is CC(=CC=C[C@@H]1[C@H]2[C@H](C)[C@@H](O)[C@H](C)C[C@@H]2C=C[C@@H]1C)C(=O)NCc1ccc(Cl)cc1. The summed E-state index contributed by atoms with van der Waals surface area (Å²) in [5, 5.41) is 14.3. The van der Waals surface area contributed by atoms with Crippen molar-refractivity contribution in [3.8, 4) is 0 Å². The number of allylic oxidation sites excluding steroid dienone is 5. The van der Waals surface area contributed by atoms with Crippen molar-refractivity contribution in [2.75, 3.05) is 0 Å². The van der Waals surface area contributed by atoms with Gasteiger partial charge in [0.1, 0.15) is 0 Å². The van der Waals surface area contributed by atoms with E-state index >= 15 is 0 Å². The van der Waals surface area contributed by atoms with Crippen LogP contribution in [0.5, 0.6) is 0 Å². The van der Waals surface area contributed by atoms with Gasteiger partial charge in [0, 0.05) is 17.1 Å². The number of nitrogens with one attached hydrogen (secondary N) is 1. The van der Waals surface area contributed by atoms with E-state index in [1.807, 2.05) is 43.3 Å². The van der Waals surface area contributed by atoms with Crippen LogP contribution in [0.1, 0.15) is 39.7 Å². The quantitative estimate of drug-likeness (QED) is 0.367. The first-order valence-corrected chi connectivity index (χ1v) is 11.4. The largest absolute Gasteiger partial charge is 0.393 e. The molecule has 1 saturated carbocycles. The molecule has 0 aliphatic heterocycles. The van der Waals surface area contributed by atoms with Crippen LogP contribution in [0.25, 0.3) is 0 Å². The maximum atomic E-state index is 12.4. The molecule has 4 heteroatoms. The third kappa shape index (κ3) is 5.25. The van der Waals surface area contributed by atoms with E-state index in [2.05, 4.69) is 44.3 Å². The van der Waals surface area contributed by atoms with Crippen LogP contribution in [0.15, 0.2) is 60.2 Å². The third-order valence-electron chi connectivity index (χ3n) is 6.98. The van der Waals surface area contributed by atoms with Gasteiger partial charge in [-0.25, -0.2) is 0 Å². The highest BCUT2D eigenvalue weighted by molar-refractivity contribution is 6.30. The van der Waals surface area contributed by atoms with Gasteiger partial charge < -0.3 is 10.4 Å². The first-order valence-electron chi connectivity index (χ1n) is 11.0. The van der Waals surface area contributed by atoms with Gasteiger partial charge in [-0.3, -0.25) is 4.79 Å². The summed E-state index contributed by atoms with van der Waals surface area (Å²) in [7, 11) is 0. The highest BCUT2D eigenvalue weighted by Crippen LogP contribution is 2.48. The second-order valence-electron chi connectivity index (χ2n) is 9.17. The van der Waals surface area contributed by atoms with Crippen molar-refractivity contribution in [3.05, 3.63) is 70.8 Å². The molecule has 7 atom stereocenters. The van der Waals surface area contributed by atoms with Crippen LogP contribution in [-0.4, -0.2) is 17.1 Å². The molecule has 0 aromatic heterocycles. The summed E-state index contributed by atoms with van der Waals surface area (Å²) in [5.41, 5.74) is 1.70. The van der Waals surface area contributed by atoms with Gasteiger partial charge in [0.15, 0.2) is 0 Å². The molecule has 0 saturated heterocycles. The van der Waals surface area contributed by atoms with Crippen LogP contribution in [0.3, 0.4) is 0 Å². The van der Waals surface area contributed by atoms with Gasteiger partial charge in [0.25, 0.3) is 0 Å². The average molecular weight is 428 g/mol. The van der Waals surface area contributed by atoms with Crippen LogP contribution in [-0.2, 0) is 11.3 Å². The molecule has 1 amide bonds. The molecule has 162 valence electrons. The number of carbonyl (C=O) groups excluding carboxylic acids is 1. The number of hydrogen-bond acceptors (Lipinski definition) is 2. The second kappa shape index (κ2) is 9.98. The molecule has 0 heterocycles. The van der Waals surface area contributed by atoms with Gasteiger partial charge in [-0.1, -0.05) is 74.9 Å². The number of halogens is 1. The molecule has 0 bridgehead atoms. The summed E-state index contributed by atoms with van der Waals surface area (Å²) >= 11 is 5.90. The molecule has 2 aliphatic carbocycles. The van der Waals surface area contributed by atoms with Crippen molar-refractivity contribution in [1.82, 2.24) is 5.32 Å². The molecule has 3 rings (SSSR count). The van der Waals surface area contributed by atoms with Crippen LogP contribution >= 0.6 is 11.6 Å². The van der Waals surface area contributed by atoms with Crippen molar-refractivity contribution < 1.29 is 9.90 Å². The minimum atomic E-state index is -0.239. The van der Waals surface area contributed by atoms with Gasteiger partial charge in [-0.15, -0.1) is 0 Å². The fraction of sp³-hybridized carbons (Fsp3) is 0.500. The number of amides is 1. The van der Waals surface area contributed by atoms with Gasteiger partial charge >= 0.3 is 0 Å². The van der Waals surface area contributed by atoms with Crippen LogP contribution in [0.2, 0.25) is 5.02 Å². The lowest BCUT2D eigenvalue weighted by atomic mass is 9.58. The van der Waals surface area contributed by atoms with Gasteiger partial charge in [0.05, 0.1) is 6.10 Å². The summed E-state index contributed by atoms with van der Waals surface area (Å²) in [4.78, 5) is 12.4. The number of hydrogen-bond donors (Lipinski definition) is 2. The Morgan fingerprint density at radius 1 is 1.20 bits per heavy atom. The zero-order chi connectivity index (χ0) is 21.8. The standard InChI is InChI=1S/C26H34ClNO2/c1-16-8-11-21-14-18(3)25(29)19(4)24(21)23(16)7-5-6-17(2)26(30)28-15-20-9-12-22(27)13-10-20/h5-13,16,18-19,21,23-25,29H,14-15H2,1-4H3,(H,28,30)/t16-,18+,19-,21-,23-,24-,25-/m0/s1. The van der Waals surface area contributed by atoms with Crippen molar-refractivity contribution in [1.29, 1.82) is 0 Å². The van der Waals surface area contributed by atoms with E-state index in [0.29, 0.717) is 46.7 Å². The van der Waals surface area contributed by atoms with Crippen molar-refractivity contribution >= 4 is 17.5 Å². The zero-order valence-corrected chi connectivity index (χ0v) is 19.1. The third-order valence-corrected chi connectivity index (χ3v) is 7.24. The number of aliphatic hydroxyl groups is 1. The predicted octanol–water partition coefficient (Wildman–Crippen LogP) is 5.55. The highest BCUT2D eigenvalue weighted by atomic mass is 35.5. The molecule has 1 fully saturated rings. The Balaban J connectivity index is 1.63. The summed E-state index contributed by atoms with van der Waals surface area (Å²) in [6.45, 7) is 8.91. The molecular formula is C26H34ClNO2. The maximum absolute atomic E-state index is 12.4. The minimum Gasteiger partial charge on any atom is -0.393 e. The van der Waals surface area contributed by atoms with E-state index < -0.39 is 0 Å². The summed E-state index contributed by atoms with van der Waals surface area (Å²) in [5.74, 6) is 2.32. The minimum absolute atomic E-state index is 0.0700. The van der Waals surface area contributed by atoms with Crippen molar-refractivity contribution in [2.24, 2.45) is 35.5 Å². The molecular weight excluding hydrogens is 394 g/mol. The molecule has 1 aromatic rings. The predicted molar refractivity (Wildman–Crippen MR) is 124 cm³/mol. The van der Waals surface area contributed by atoms with Crippen molar-refractivity contribution in [3.63, 3.8) is 0 Å². The molecule has 0 unspecified atom stereocenters. The van der Waals surface area contributed by atoms with Gasteiger partial charge in [-0.2, -0.15) is 0 Å². The number of fused-ring (bicyclic) bond motifs is 1. The van der Waals surface area contributed by atoms with E-state index in [1.54, 1.807) is 0 Å². The summed E-state index contributed by atoms with van der Waals surface area (Å²) in [6.07, 6.45) is 11.6. The summed E-state index contributed by atoms with van der Waals surface area (Å²) < 4.78 is 0. The highest BCUT2D eigenvalue weighted by Gasteiger charge is 2.44. The Labute approximate surface area is 185 Å². The Bertz CT molecular complexity index is 826. The molecule has 30 heavy (non-hydrogen) atoms. The lowest BCUT2D eigenvalue weighted by Crippen LogP contribution is -2.46. The van der Waals surface area contributed by atoms with E-state index in [-0.39, 0.29) is 17.9 Å². The maximum Gasteiger partial charge on any atom is 0.247 e. The number of benzene rings is 1. The monoisotopic (exact) mass is 427 g/mol. The molecule has 2 aliphatic rings. The van der Waals surface area contributed by atoms with E-state index in [0.717, 1.165) is 12.0 Å². The second-order valence-corrected chi connectivity index (χ2v) is 9.61. The molecule has 1 aromatic carbocycles. The molecule has 0 radical (unpaired) electrons. The first kappa shape index (κ1) is 22.8. The van der Waals surface area contributed by atoms with E-state index in [1.165, 1.54) is 0 Å². The topological polar surface area (TPSA) is 49.3 Å². The van der Waals surface area contributed by atoms with Crippen molar-refractivity contribution in [2.45, 2.75) is 46.8 Å². The number of rotatable bonds is 5. The normalized spacial score (nSPS) is 34.1. The van der Waals surface area contributed by atoms with E-state index in [4.69, 9.17) is 11.6 Å². The average Bonchev–Trinajstić information content (AvgIpc) is 2.73. The smallest absolute Gasteiger partial charge is 0.247 e. The lowest BCUT2D eigenvalue weighted by molar-refractivity contribution is -0.117. The molecule has 3 nitrogen and oxygen atoms in total. The Hall–Kier alpha value is -1.84. The molecule has 2 N–H and O–H groups in total. The van der Waals surface area contributed by atoms with Crippen LogP contribution < -0.4 is 5.32 Å². The van der Waals surface area contributed by atoms with Crippen LogP contribution in [0, 0.1) is 35.5 Å². The van der Waals surface area contributed by atoms with Gasteiger partial charge in [-0.05, 0) is 66.5 Å².